The maximum atomic E-state index is 3.23. The van der Waals surface area contributed by atoms with Crippen LogP contribution < -0.4 is 5.32 Å². The smallest absolute Gasteiger partial charge is 0.00534 e. The van der Waals surface area contributed by atoms with Gasteiger partial charge in [-0.25, -0.2) is 0 Å². The topological polar surface area (TPSA) is 12.0 Å². The Labute approximate surface area is 97.9 Å². The summed E-state index contributed by atoms with van der Waals surface area (Å²) in [6.07, 6.45) is 3.61. The molecule has 0 unspecified atom stereocenters. The number of rotatable bonds is 6. The molecule has 1 nitrogen and oxygen atoms in total. The molecule has 2 heteroatoms. The Morgan fingerprint density at radius 1 is 1.27 bits per heavy atom. The highest BCUT2D eigenvalue weighted by Crippen LogP contribution is 2.29. The lowest BCUT2D eigenvalue weighted by molar-refractivity contribution is 0.332. The van der Waals surface area contributed by atoms with Crippen molar-refractivity contribution in [3.63, 3.8) is 0 Å². The summed E-state index contributed by atoms with van der Waals surface area (Å²) in [5.74, 6) is 0. The van der Waals surface area contributed by atoms with Crippen LogP contribution in [-0.2, 0) is 12.8 Å². The van der Waals surface area contributed by atoms with Gasteiger partial charge in [-0.2, -0.15) is 0 Å². The Hall–Kier alpha value is -0.340. The van der Waals surface area contributed by atoms with Gasteiger partial charge >= 0.3 is 0 Å². The maximum absolute atomic E-state index is 3.23. The van der Waals surface area contributed by atoms with Gasteiger partial charge in [0.25, 0.3) is 0 Å². The number of hydrogen-bond donors (Lipinski definition) is 1. The minimum absolute atomic E-state index is 0.416. The van der Waals surface area contributed by atoms with Crippen LogP contribution in [0.3, 0.4) is 0 Å². The highest BCUT2D eigenvalue weighted by atomic mass is 32.1. The molecule has 0 fully saturated rings. The van der Waals surface area contributed by atoms with E-state index in [1.807, 2.05) is 18.4 Å². The second kappa shape index (κ2) is 5.66. The Morgan fingerprint density at radius 3 is 2.47 bits per heavy atom. The SMILES string of the molecule is CCc1ccc(CC(C)(C)CCNC)s1. The first-order valence-corrected chi connectivity index (χ1v) is 6.61. The second-order valence-electron chi connectivity index (χ2n) is 4.92. The van der Waals surface area contributed by atoms with Crippen LogP contribution in [0.25, 0.3) is 0 Å². The molecule has 0 amide bonds. The molecule has 0 aliphatic heterocycles. The van der Waals surface area contributed by atoms with E-state index in [0.717, 1.165) is 6.54 Å². The molecule has 1 rings (SSSR count). The zero-order valence-corrected chi connectivity index (χ0v) is 11.2. The third kappa shape index (κ3) is 4.35. The molecule has 1 heterocycles. The van der Waals surface area contributed by atoms with E-state index >= 15 is 0 Å². The first-order chi connectivity index (χ1) is 7.07. The molecular weight excluding hydrogens is 202 g/mol. The second-order valence-corrected chi connectivity index (χ2v) is 6.17. The van der Waals surface area contributed by atoms with Crippen LogP contribution in [0.2, 0.25) is 0 Å². The van der Waals surface area contributed by atoms with E-state index in [4.69, 9.17) is 0 Å². The maximum Gasteiger partial charge on any atom is 0.00534 e. The Bertz CT molecular complexity index is 288. The number of hydrogen-bond acceptors (Lipinski definition) is 2. The largest absolute Gasteiger partial charge is 0.320 e. The van der Waals surface area contributed by atoms with Gasteiger partial charge in [-0.1, -0.05) is 20.8 Å². The molecule has 1 aromatic rings. The molecule has 1 aromatic heterocycles. The molecule has 0 aliphatic carbocycles. The number of thiophene rings is 1. The molecular formula is C13H23NS. The molecule has 1 N–H and O–H groups in total. The van der Waals surface area contributed by atoms with Crippen LogP contribution in [0, 0.1) is 5.41 Å². The van der Waals surface area contributed by atoms with Crippen LogP contribution in [0.5, 0.6) is 0 Å². The van der Waals surface area contributed by atoms with Crippen molar-refractivity contribution in [1.82, 2.24) is 5.32 Å². The molecule has 86 valence electrons. The van der Waals surface area contributed by atoms with E-state index in [1.54, 1.807) is 0 Å². The van der Waals surface area contributed by atoms with Crippen LogP contribution >= 0.6 is 11.3 Å². The molecule has 0 saturated carbocycles. The van der Waals surface area contributed by atoms with Crippen molar-refractivity contribution < 1.29 is 0 Å². The molecule has 0 atom stereocenters. The summed E-state index contributed by atoms with van der Waals surface area (Å²) in [5.41, 5.74) is 0.416. The minimum Gasteiger partial charge on any atom is -0.320 e. The molecule has 0 spiro atoms. The average molecular weight is 225 g/mol. The number of nitrogens with one attached hydrogen (secondary N) is 1. The van der Waals surface area contributed by atoms with E-state index in [0.29, 0.717) is 5.41 Å². The standard InChI is InChI=1S/C13H23NS/c1-5-11-6-7-12(15-11)10-13(2,3)8-9-14-4/h6-7,14H,5,8-10H2,1-4H3. The highest BCUT2D eigenvalue weighted by Gasteiger charge is 2.18. The van der Waals surface area contributed by atoms with Crippen LogP contribution in [0.1, 0.15) is 36.9 Å². The normalized spacial score (nSPS) is 12.0. The monoisotopic (exact) mass is 225 g/mol. The fourth-order valence-electron chi connectivity index (χ4n) is 1.73. The van der Waals surface area contributed by atoms with Gasteiger partial charge in [0.15, 0.2) is 0 Å². The van der Waals surface area contributed by atoms with Crippen molar-refractivity contribution in [2.45, 2.75) is 40.0 Å². The molecule has 15 heavy (non-hydrogen) atoms. The minimum atomic E-state index is 0.416. The third-order valence-electron chi connectivity index (χ3n) is 2.77. The van der Waals surface area contributed by atoms with Crippen LogP contribution in [0.15, 0.2) is 12.1 Å². The lowest BCUT2D eigenvalue weighted by Gasteiger charge is -2.23. The van der Waals surface area contributed by atoms with Crippen molar-refractivity contribution >= 4 is 11.3 Å². The molecule has 0 aliphatic rings. The third-order valence-corrected chi connectivity index (χ3v) is 4.00. The molecule has 0 saturated heterocycles. The first-order valence-electron chi connectivity index (χ1n) is 5.79. The van der Waals surface area contributed by atoms with E-state index in [9.17, 15) is 0 Å². The van der Waals surface area contributed by atoms with Gasteiger partial charge in [-0.3, -0.25) is 0 Å². The molecule has 0 bridgehead atoms. The van der Waals surface area contributed by atoms with E-state index in [1.165, 1.54) is 29.0 Å². The van der Waals surface area contributed by atoms with Gasteiger partial charge in [-0.15, -0.1) is 11.3 Å². The fourth-order valence-corrected chi connectivity index (χ4v) is 2.95. The van der Waals surface area contributed by atoms with Gasteiger partial charge < -0.3 is 5.32 Å². The first kappa shape index (κ1) is 12.7. The predicted octanol–water partition coefficient (Wildman–Crippen LogP) is 3.49. The molecule has 0 aromatic carbocycles. The fraction of sp³-hybridized carbons (Fsp3) is 0.692. The van der Waals surface area contributed by atoms with Crippen LogP contribution in [-0.4, -0.2) is 13.6 Å². The van der Waals surface area contributed by atoms with Crippen molar-refractivity contribution in [2.24, 2.45) is 5.41 Å². The average Bonchev–Trinajstić information content (AvgIpc) is 2.62. The quantitative estimate of drug-likeness (QED) is 0.781. The van der Waals surface area contributed by atoms with Crippen LogP contribution in [0.4, 0.5) is 0 Å². The Morgan fingerprint density at radius 2 is 1.93 bits per heavy atom. The Balaban J connectivity index is 2.52. The lowest BCUT2D eigenvalue weighted by Crippen LogP contribution is -2.21. The van der Waals surface area contributed by atoms with Crippen molar-refractivity contribution in [3.05, 3.63) is 21.9 Å². The van der Waals surface area contributed by atoms with E-state index in [2.05, 4.69) is 38.2 Å². The van der Waals surface area contributed by atoms with Gasteiger partial charge in [-0.05, 0) is 50.4 Å². The Kier molecular flexibility index (Phi) is 4.81. The van der Waals surface area contributed by atoms with E-state index < -0.39 is 0 Å². The van der Waals surface area contributed by atoms with Crippen molar-refractivity contribution in [2.75, 3.05) is 13.6 Å². The van der Waals surface area contributed by atoms with Crippen molar-refractivity contribution in [1.29, 1.82) is 0 Å². The van der Waals surface area contributed by atoms with Gasteiger partial charge in [0.05, 0.1) is 0 Å². The lowest BCUT2D eigenvalue weighted by atomic mass is 9.85. The van der Waals surface area contributed by atoms with Gasteiger partial charge in [0.2, 0.25) is 0 Å². The summed E-state index contributed by atoms with van der Waals surface area (Å²) in [5, 5.41) is 3.23. The van der Waals surface area contributed by atoms with Gasteiger partial charge in [0.1, 0.15) is 0 Å². The van der Waals surface area contributed by atoms with Crippen molar-refractivity contribution in [3.8, 4) is 0 Å². The summed E-state index contributed by atoms with van der Waals surface area (Å²) < 4.78 is 0. The summed E-state index contributed by atoms with van der Waals surface area (Å²) in [4.78, 5) is 3.04. The predicted molar refractivity (Wildman–Crippen MR) is 69.7 cm³/mol. The summed E-state index contributed by atoms with van der Waals surface area (Å²) in [6, 6.07) is 4.57. The van der Waals surface area contributed by atoms with Gasteiger partial charge in [0, 0.05) is 9.75 Å². The highest BCUT2D eigenvalue weighted by molar-refractivity contribution is 7.11. The summed E-state index contributed by atoms with van der Waals surface area (Å²) in [7, 11) is 2.02. The zero-order chi connectivity index (χ0) is 11.3. The number of aryl methyl sites for hydroxylation is 1. The van der Waals surface area contributed by atoms with E-state index in [-0.39, 0.29) is 0 Å². The summed E-state index contributed by atoms with van der Waals surface area (Å²) >= 11 is 1.97. The molecule has 0 radical (unpaired) electrons. The summed E-state index contributed by atoms with van der Waals surface area (Å²) in [6.45, 7) is 8.05. The zero-order valence-electron chi connectivity index (χ0n) is 10.4.